The number of anilines is 1. The van der Waals surface area contributed by atoms with Crippen molar-refractivity contribution < 1.29 is 19.5 Å². The normalized spacial score (nSPS) is 18.8. The van der Waals surface area contributed by atoms with E-state index >= 15 is 0 Å². The number of carboxylic acids is 1. The SMILES string of the molecule is O=C(O)C1CN(CN2C(=O)c3ccccc3C2=O)c2ccccc21. The number of hydrogen-bond acceptors (Lipinski definition) is 4. The van der Waals surface area contributed by atoms with Crippen LogP contribution in [0, 0.1) is 0 Å². The summed E-state index contributed by atoms with van der Waals surface area (Å²) in [5.41, 5.74) is 2.25. The molecule has 6 nitrogen and oxygen atoms in total. The fourth-order valence-electron chi connectivity index (χ4n) is 3.37. The quantitative estimate of drug-likeness (QED) is 0.874. The van der Waals surface area contributed by atoms with Crippen LogP contribution in [0.15, 0.2) is 48.5 Å². The minimum absolute atomic E-state index is 0.0488. The number of benzene rings is 2. The number of imide groups is 1. The lowest BCUT2D eigenvalue weighted by molar-refractivity contribution is -0.138. The maximum Gasteiger partial charge on any atom is 0.312 e. The first-order valence-electron chi connectivity index (χ1n) is 7.60. The second-order valence-electron chi connectivity index (χ2n) is 5.90. The van der Waals surface area contributed by atoms with E-state index in [9.17, 15) is 19.5 Å². The average molecular weight is 322 g/mol. The van der Waals surface area contributed by atoms with Gasteiger partial charge in [-0.15, -0.1) is 0 Å². The van der Waals surface area contributed by atoms with Crippen molar-refractivity contribution in [3.63, 3.8) is 0 Å². The van der Waals surface area contributed by atoms with Crippen LogP contribution >= 0.6 is 0 Å². The van der Waals surface area contributed by atoms with E-state index in [1.165, 1.54) is 4.90 Å². The highest BCUT2D eigenvalue weighted by Crippen LogP contribution is 2.37. The summed E-state index contributed by atoms with van der Waals surface area (Å²) in [7, 11) is 0. The summed E-state index contributed by atoms with van der Waals surface area (Å²) >= 11 is 0. The van der Waals surface area contributed by atoms with E-state index in [4.69, 9.17) is 0 Å². The Hall–Kier alpha value is -3.15. The van der Waals surface area contributed by atoms with Gasteiger partial charge in [0.2, 0.25) is 0 Å². The van der Waals surface area contributed by atoms with E-state index in [1.54, 1.807) is 41.3 Å². The van der Waals surface area contributed by atoms with Crippen LogP contribution in [0.25, 0.3) is 0 Å². The van der Waals surface area contributed by atoms with Gasteiger partial charge in [0, 0.05) is 12.2 Å². The minimum atomic E-state index is -0.910. The van der Waals surface area contributed by atoms with Crippen molar-refractivity contribution >= 4 is 23.5 Å². The number of fused-ring (bicyclic) bond motifs is 2. The third-order valence-corrected chi connectivity index (χ3v) is 4.54. The summed E-state index contributed by atoms with van der Waals surface area (Å²) in [5.74, 6) is -2.25. The molecule has 2 heterocycles. The summed E-state index contributed by atoms with van der Waals surface area (Å²) < 4.78 is 0. The predicted molar refractivity (Wildman–Crippen MR) is 86.0 cm³/mol. The van der Waals surface area contributed by atoms with E-state index in [1.807, 2.05) is 12.1 Å². The lowest BCUT2D eigenvalue weighted by Gasteiger charge is -2.25. The van der Waals surface area contributed by atoms with E-state index in [0.717, 1.165) is 5.69 Å². The van der Waals surface area contributed by atoms with Gasteiger partial charge in [-0.2, -0.15) is 0 Å². The molecule has 6 heteroatoms. The van der Waals surface area contributed by atoms with Crippen molar-refractivity contribution in [3.8, 4) is 0 Å². The van der Waals surface area contributed by atoms with Crippen molar-refractivity contribution in [2.24, 2.45) is 0 Å². The molecule has 1 unspecified atom stereocenters. The zero-order chi connectivity index (χ0) is 16.8. The summed E-state index contributed by atoms with van der Waals surface area (Å²) in [4.78, 5) is 39.4. The van der Waals surface area contributed by atoms with Crippen molar-refractivity contribution in [3.05, 3.63) is 65.2 Å². The maximum atomic E-state index is 12.5. The van der Waals surface area contributed by atoms with Gasteiger partial charge >= 0.3 is 5.97 Å². The minimum Gasteiger partial charge on any atom is -0.481 e. The number of carbonyl (C=O) groups is 3. The Balaban J connectivity index is 1.65. The van der Waals surface area contributed by atoms with Crippen LogP contribution in [-0.2, 0) is 4.79 Å². The van der Waals surface area contributed by atoms with Crippen LogP contribution in [0.5, 0.6) is 0 Å². The van der Waals surface area contributed by atoms with E-state index in [-0.39, 0.29) is 25.0 Å². The number of amides is 2. The first kappa shape index (κ1) is 14.4. The third-order valence-electron chi connectivity index (χ3n) is 4.54. The monoisotopic (exact) mass is 322 g/mol. The molecule has 0 fully saturated rings. The summed E-state index contributed by atoms with van der Waals surface area (Å²) in [5, 5.41) is 9.41. The van der Waals surface area contributed by atoms with Crippen LogP contribution < -0.4 is 4.90 Å². The Bertz CT molecular complexity index is 842. The molecule has 24 heavy (non-hydrogen) atoms. The molecule has 120 valence electrons. The summed E-state index contributed by atoms with van der Waals surface area (Å²) in [6, 6.07) is 13.9. The first-order valence-corrected chi connectivity index (χ1v) is 7.60. The van der Waals surface area contributed by atoms with Gasteiger partial charge in [-0.25, -0.2) is 0 Å². The highest BCUT2D eigenvalue weighted by atomic mass is 16.4. The Morgan fingerprint density at radius 2 is 1.58 bits per heavy atom. The molecular formula is C18H14N2O4. The molecular weight excluding hydrogens is 308 g/mol. The van der Waals surface area contributed by atoms with Crippen LogP contribution in [0.2, 0.25) is 0 Å². The smallest absolute Gasteiger partial charge is 0.312 e. The zero-order valence-electron chi connectivity index (χ0n) is 12.7. The molecule has 2 aliphatic rings. The van der Waals surface area contributed by atoms with E-state index < -0.39 is 11.9 Å². The number of aliphatic carboxylic acids is 1. The number of nitrogens with zero attached hydrogens (tertiary/aromatic N) is 2. The van der Waals surface area contributed by atoms with Gasteiger partial charge < -0.3 is 10.0 Å². The number of carboxylic acid groups (broad SMARTS) is 1. The van der Waals surface area contributed by atoms with Crippen molar-refractivity contribution in [1.29, 1.82) is 0 Å². The first-order chi connectivity index (χ1) is 11.6. The van der Waals surface area contributed by atoms with Gasteiger partial charge in [-0.1, -0.05) is 30.3 Å². The van der Waals surface area contributed by atoms with Gasteiger partial charge in [0.15, 0.2) is 0 Å². The molecule has 2 amide bonds. The molecule has 0 radical (unpaired) electrons. The van der Waals surface area contributed by atoms with Gasteiger partial charge in [0.1, 0.15) is 12.6 Å². The van der Waals surface area contributed by atoms with Crippen molar-refractivity contribution in [1.82, 2.24) is 4.90 Å². The molecule has 0 aromatic heterocycles. The molecule has 0 aliphatic carbocycles. The van der Waals surface area contributed by atoms with Gasteiger partial charge in [0.05, 0.1) is 11.1 Å². The molecule has 1 N–H and O–H groups in total. The van der Waals surface area contributed by atoms with Crippen LogP contribution in [-0.4, -0.2) is 41.0 Å². The molecule has 4 rings (SSSR count). The summed E-state index contributed by atoms with van der Waals surface area (Å²) in [6.07, 6.45) is 0. The number of para-hydroxylation sites is 1. The zero-order valence-corrected chi connectivity index (χ0v) is 12.7. The molecule has 2 aromatic rings. The standard InChI is InChI=1S/C18H14N2O4/c21-16-12-6-1-2-7-13(12)17(22)20(16)10-19-9-14(18(23)24)11-5-3-4-8-15(11)19/h1-8,14H,9-10H2,(H,23,24). The largest absolute Gasteiger partial charge is 0.481 e. The van der Waals surface area contributed by atoms with Gasteiger partial charge in [-0.05, 0) is 23.8 Å². The lowest BCUT2D eigenvalue weighted by Crippen LogP contribution is -2.41. The number of hydrogen-bond donors (Lipinski definition) is 1. The molecule has 2 aromatic carbocycles. The molecule has 2 aliphatic heterocycles. The fraction of sp³-hybridized carbons (Fsp3) is 0.167. The second-order valence-corrected chi connectivity index (χ2v) is 5.90. The fourth-order valence-corrected chi connectivity index (χ4v) is 3.37. The lowest BCUT2D eigenvalue weighted by atomic mass is 10.0. The Morgan fingerprint density at radius 3 is 2.21 bits per heavy atom. The van der Waals surface area contributed by atoms with Gasteiger partial charge in [0.25, 0.3) is 11.8 Å². The third kappa shape index (κ3) is 2.00. The maximum absolute atomic E-state index is 12.5. The topological polar surface area (TPSA) is 77.9 Å². The van der Waals surface area contributed by atoms with E-state index in [0.29, 0.717) is 16.7 Å². The number of carbonyl (C=O) groups excluding carboxylic acids is 2. The number of rotatable bonds is 3. The molecule has 1 atom stereocenters. The molecule has 0 spiro atoms. The van der Waals surface area contributed by atoms with Crippen LogP contribution in [0.4, 0.5) is 5.69 Å². The summed E-state index contributed by atoms with van der Waals surface area (Å²) in [6.45, 7) is 0.287. The second kappa shape index (κ2) is 5.19. The Morgan fingerprint density at radius 1 is 1.00 bits per heavy atom. The highest BCUT2D eigenvalue weighted by molar-refractivity contribution is 6.21. The highest BCUT2D eigenvalue weighted by Gasteiger charge is 2.39. The predicted octanol–water partition coefficient (Wildman–Crippen LogP) is 1.93. The average Bonchev–Trinajstić information content (AvgIpc) is 3.07. The van der Waals surface area contributed by atoms with Crippen LogP contribution in [0.3, 0.4) is 0 Å². The molecule has 0 saturated heterocycles. The van der Waals surface area contributed by atoms with Gasteiger partial charge in [-0.3, -0.25) is 19.3 Å². The van der Waals surface area contributed by atoms with E-state index in [2.05, 4.69) is 0 Å². The van der Waals surface area contributed by atoms with Crippen LogP contribution in [0.1, 0.15) is 32.2 Å². The molecule has 0 bridgehead atoms. The van der Waals surface area contributed by atoms with Crippen molar-refractivity contribution in [2.75, 3.05) is 18.1 Å². The molecule has 0 saturated carbocycles. The Kier molecular flexibility index (Phi) is 3.13. The Labute approximate surface area is 137 Å². The van der Waals surface area contributed by atoms with Crippen molar-refractivity contribution in [2.45, 2.75) is 5.92 Å².